The van der Waals surface area contributed by atoms with Crippen LogP contribution in [0, 0.1) is 0 Å². The molecule has 1 N–H and O–H groups in total. The van der Waals surface area contributed by atoms with Crippen LogP contribution < -0.4 is 5.32 Å². The van der Waals surface area contributed by atoms with Gasteiger partial charge in [-0.3, -0.25) is 4.98 Å². The lowest BCUT2D eigenvalue weighted by atomic mass is 9.89. The molecule has 0 aromatic carbocycles. The molecule has 21 heavy (non-hydrogen) atoms. The van der Waals surface area contributed by atoms with Crippen molar-refractivity contribution in [2.24, 2.45) is 0 Å². The number of pyridine rings is 1. The molecule has 2 aliphatic rings. The Morgan fingerprint density at radius 1 is 1.33 bits per heavy atom. The molecule has 4 nitrogen and oxygen atoms in total. The summed E-state index contributed by atoms with van der Waals surface area (Å²) < 4.78 is 11.9. The Balaban J connectivity index is 1.69. The van der Waals surface area contributed by atoms with Gasteiger partial charge in [0, 0.05) is 41.4 Å². The van der Waals surface area contributed by atoms with Gasteiger partial charge in [0.05, 0.1) is 13.2 Å². The molecule has 1 aliphatic carbocycles. The Morgan fingerprint density at radius 2 is 2.10 bits per heavy atom. The van der Waals surface area contributed by atoms with Crippen molar-refractivity contribution in [2.45, 2.75) is 54.6 Å². The SMILES string of the molecule is CCCNC1CCC2(CC1Sc1ccncc1)OCCO2. The lowest BCUT2D eigenvalue weighted by molar-refractivity contribution is -0.178. The fourth-order valence-corrected chi connectivity index (χ4v) is 4.51. The van der Waals surface area contributed by atoms with Crippen LogP contribution in [0.5, 0.6) is 0 Å². The van der Waals surface area contributed by atoms with E-state index in [4.69, 9.17) is 9.47 Å². The monoisotopic (exact) mass is 308 g/mol. The molecular formula is C16H24N2O2S. The van der Waals surface area contributed by atoms with Crippen LogP contribution >= 0.6 is 11.8 Å². The number of hydrogen-bond acceptors (Lipinski definition) is 5. The molecule has 2 unspecified atom stereocenters. The van der Waals surface area contributed by atoms with Gasteiger partial charge in [-0.1, -0.05) is 6.92 Å². The van der Waals surface area contributed by atoms with Crippen LogP contribution in [-0.4, -0.2) is 41.8 Å². The molecule has 1 spiro atoms. The van der Waals surface area contributed by atoms with Crippen LogP contribution in [-0.2, 0) is 9.47 Å². The van der Waals surface area contributed by atoms with Gasteiger partial charge >= 0.3 is 0 Å². The molecule has 1 aromatic rings. The van der Waals surface area contributed by atoms with E-state index in [1.165, 1.54) is 11.3 Å². The summed E-state index contributed by atoms with van der Waals surface area (Å²) in [5.41, 5.74) is 0. The first kappa shape index (κ1) is 15.3. The first-order valence-electron chi connectivity index (χ1n) is 7.89. The van der Waals surface area contributed by atoms with Gasteiger partial charge < -0.3 is 14.8 Å². The number of nitrogens with zero attached hydrogens (tertiary/aromatic N) is 1. The minimum atomic E-state index is -0.324. The van der Waals surface area contributed by atoms with E-state index in [2.05, 4.69) is 29.4 Å². The number of nitrogens with one attached hydrogen (secondary N) is 1. The first-order chi connectivity index (χ1) is 10.3. The summed E-state index contributed by atoms with van der Waals surface area (Å²) in [5, 5.41) is 4.18. The van der Waals surface area contributed by atoms with E-state index in [0.717, 1.165) is 39.0 Å². The maximum absolute atomic E-state index is 5.93. The number of thioether (sulfide) groups is 1. The van der Waals surface area contributed by atoms with Crippen LogP contribution in [0.1, 0.15) is 32.6 Å². The van der Waals surface area contributed by atoms with E-state index in [9.17, 15) is 0 Å². The zero-order valence-corrected chi connectivity index (χ0v) is 13.4. The highest BCUT2D eigenvalue weighted by molar-refractivity contribution is 8.00. The third-order valence-electron chi connectivity index (χ3n) is 4.20. The van der Waals surface area contributed by atoms with Crippen LogP contribution in [0.4, 0.5) is 0 Å². The van der Waals surface area contributed by atoms with Gasteiger partial charge in [0.1, 0.15) is 0 Å². The van der Waals surface area contributed by atoms with E-state index >= 15 is 0 Å². The van der Waals surface area contributed by atoms with Crippen molar-refractivity contribution < 1.29 is 9.47 Å². The van der Waals surface area contributed by atoms with Crippen molar-refractivity contribution in [3.05, 3.63) is 24.5 Å². The summed E-state index contributed by atoms with van der Waals surface area (Å²) in [7, 11) is 0. The van der Waals surface area contributed by atoms with Crippen molar-refractivity contribution in [3.8, 4) is 0 Å². The van der Waals surface area contributed by atoms with E-state index in [-0.39, 0.29) is 5.79 Å². The molecule has 5 heteroatoms. The van der Waals surface area contributed by atoms with Crippen molar-refractivity contribution in [1.29, 1.82) is 0 Å². The lowest BCUT2D eigenvalue weighted by Crippen LogP contribution is -2.49. The molecule has 0 bridgehead atoms. The van der Waals surface area contributed by atoms with Crippen molar-refractivity contribution >= 4 is 11.8 Å². The third kappa shape index (κ3) is 3.77. The summed E-state index contributed by atoms with van der Waals surface area (Å²) in [6, 6.07) is 4.69. The van der Waals surface area contributed by atoms with Gasteiger partial charge in [0.15, 0.2) is 5.79 Å². The molecule has 1 saturated heterocycles. The summed E-state index contributed by atoms with van der Waals surface area (Å²) >= 11 is 1.92. The van der Waals surface area contributed by atoms with Gasteiger partial charge in [-0.2, -0.15) is 0 Å². The summed E-state index contributed by atoms with van der Waals surface area (Å²) in [6.07, 6.45) is 7.96. The second kappa shape index (κ2) is 7.09. The van der Waals surface area contributed by atoms with Crippen LogP contribution in [0.25, 0.3) is 0 Å². The Morgan fingerprint density at radius 3 is 2.81 bits per heavy atom. The van der Waals surface area contributed by atoms with Gasteiger partial charge in [0.25, 0.3) is 0 Å². The second-order valence-electron chi connectivity index (χ2n) is 5.75. The zero-order chi connectivity index (χ0) is 14.5. The number of rotatable bonds is 5. The second-order valence-corrected chi connectivity index (χ2v) is 7.06. The molecular weight excluding hydrogens is 284 g/mol. The third-order valence-corrected chi connectivity index (χ3v) is 5.55. The number of aromatic nitrogens is 1. The number of hydrogen-bond donors (Lipinski definition) is 1. The fraction of sp³-hybridized carbons (Fsp3) is 0.688. The Bertz CT molecular complexity index is 437. The van der Waals surface area contributed by atoms with E-state index in [1.54, 1.807) is 0 Å². The van der Waals surface area contributed by atoms with Gasteiger partial charge in [0.2, 0.25) is 0 Å². The number of ether oxygens (including phenoxy) is 2. The standard InChI is InChI=1S/C16H24N2O2S/c1-2-7-18-14-3-6-16(19-10-11-20-16)12-15(14)21-13-4-8-17-9-5-13/h4-5,8-9,14-15,18H,2-3,6-7,10-12H2,1H3. The maximum Gasteiger partial charge on any atom is 0.169 e. The summed E-state index contributed by atoms with van der Waals surface area (Å²) in [4.78, 5) is 5.37. The van der Waals surface area contributed by atoms with Crippen molar-refractivity contribution in [2.75, 3.05) is 19.8 Å². The normalized spacial score (nSPS) is 28.0. The average molecular weight is 308 g/mol. The van der Waals surface area contributed by atoms with Gasteiger partial charge in [-0.05, 0) is 31.5 Å². The largest absolute Gasteiger partial charge is 0.347 e. The predicted octanol–water partition coefficient (Wildman–Crippen LogP) is 2.84. The van der Waals surface area contributed by atoms with Crippen LogP contribution in [0.2, 0.25) is 0 Å². The topological polar surface area (TPSA) is 43.4 Å². The van der Waals surface area contributed by atoms with E-state index in [0.29, 0.717) is 11.3 Å². The molecule has 1 aromatic heterocycles. The van der Waals surface area contributed by atoms with Crippen LogP contribution in [0.3, 0.4) is 0 Å². The van der Waals surface area contributed by atoms with Gasteiger partial charge in [-0.15, -0.1) is 11.8 Å². The predicted molar refractivity (Wildman–Crippen MR) is 84.4 cm³/mol. The Labute approximate surface area is 131 Å². The average Bonchev–Trinajstić information content (AvgIpc) is 2.96. The molecule has 0 radical (unpaired) electrons. The molecule has 2 atom stereocenters. The Kier molecular flexibility index (Phi) is 5.16. The highest BCUT2D eigenvalue weighted by Gasteiger charge is 2.45. The van der Waals surface area contributed by atoms with E-state index in [1.807, 2.05) is 24.2 Å². The fourth-order valence-electron chi connectivity index (χ4n) is 3.15. The molecule has 3 rings (SSSR count). The summed E-state index contributed by atoms with van der Waals surface area (Å²) in [5.74, 6) is -0.324. The summed E-state index contributed by atoms with van der Waals surface area (Å²) in [6.45, 7) is 4.76. The minimum Gasteiger partial charge on any atom is -0.347 e. The minimum absolute atomic E-state index is 0.324. The maximum atomic E-state index is 5.93. The highest BCUT2D eigenvalue weighted by atomic mass is 32.2. The molecule has 116 valence electrons. The van der Waals surface area contributed by atoms with Crippen LogP contribution in [0.15, 0.2) is 29.4 Å². The molecule has 1 saturated carbocycles. The quantitative estimate of drug-likeness (QED) is 0.906. The van der Waals surface area contributed by atoms with Crippen molar-refractivity contribution in [3.63, 3.8) is 0 Å². The molecule has 0 amide bonds. The van der Waals surface area contributed by atoms with Gasteiger partial charge in [-0.25, -0.2) is 0 Å². The highest BCUT2D eigenvalue weighted by Crippen LogP contribution is 2.42. The van der Waals surface area contributed by atoms with E-state index < -0.39 is 0 Å². The van der Waals surface area contributed by atoms with Crippen molar-refractivity contribution in [1.82, 2.24) is 10.3 Å². The molecule has 2 fully saturated rings. The first-order valence-corrected chi connectivity index (χ1v) is 8.77. The zero-order valence-electron chi connectivity index (χ0n) is 12.6. The molecule has 1 aliphatic heterocycles. The Hall–Kier alpha value is -0.620. The molecule has 2 heterocycles. The lowest BCUT2D eigenvalue weighted by Gasteiger charge is -2.41. The smallest absolute Gasteiger partial charge is 0.169 e.